The minimum Gasteiger partial charge on any atom is -0.389 e. The number of tetrazole rings is 1. The van der Waals surface area contributed by atoms with Crippen molar-refractivity contribution in [3.8, 4) is 0 Å². The summed E-state index contributed by atoms with van der Waals surface area (Å²) in [5, 5.41) is 17.6. The molecule has 0 aliphatic rings. The highest BCUT2D eigenvalue weighted by atomic mass is 32.1. The lowest BCUT2D eigenvalue weighted by Crippen LogP contribution is -2.12. The predicted molar refractivity (Wildman–Crippen MR) is 97.9 cm³/mol. The molecular weight excluding hydrogens is 354 g/mol. The molecule has 0 spiro atoms. The maximum absolute atomic E-state index is 11.0. The zero-order chi connectivity index (χ0) is 18.4. The molecule has 0 fully saturated rings. The highest BCUT2D eigenvalue weighted by Gasteiger charge is 2.14. The quantitative estimate of drug-likeness (QED) is 0.391. The van der Waals surface area contributed by atoms with Gasteiger partial charge in [0.05, 0.1) is 5.69 Å². The van der Waals surface area contributed by atoms with Crippen molar-refractivity contribution in [2.75, 3.05) is 5.32 Å². The first-order valence-corrected chi connectivity index (χ1v) is 8.02. The Balaban J connectivity index is 1.80. The molecule has 1 amide bonds. The van der Waals surface area contributed by atoms with E-state index < -0.39 is 5.24 Å². The summed E-state index contributed by atoms with van der Waals surface area (Å²) in [6.45, 7) is 0.109. The second kappa shape index (κ2) is 8.21. The molecule has 3 aromatic rings. The summed E-state index contributed by atoms with van der Waals surface area (Å²) in [6, 6.07) is 14.6. The lowest BCUT2D eigenvalue weighted by atomic mass is 10.1. The molecule has 1 aromatic carbocycles. The van der Waals surface area contributed by atoms with E-state index in [2.05, 4.69) is 43.6 Å². The van der Waals surface area contributed by atoms with Crippen molar-refractivity contribution in [1.82, 2.24) is 25.2 Å². The second-order valence-corrected chi connectivity index (χ2v) is 5.56. The number of hydrogen-bond acceptors (Lipinski definition) is 7. The third-order valence-electron chi connectivity index (χ3n) is 3.29. The van der Waals surface area contributed by atoms with Crippen molar-refractivity contribution >= 4 is 29.4 Å². The van der Waals surface area contributed by atoms with Crippen LogP contribution in [0.5, 0.6) is 0 Å². The summed E-state index contributed by atoms with van der Waals surface area (Å²) in [5.41, 5.74) is 1.91. The summed E-state index contributed by atoms with van der Waals surface area (Å²) in [6.07, 6.45) is 0. The van der Waals surface area contributed by atoms with Crippen LogP contribution in [0.4, 0.5) is 10.6 Å². The molecule has 26 heavy (non-hydrogen) atoms. The van der Waals surface area contributed by atoms with E-state index in [4.69, 9.17) is 4.84 Å². The Morgan fingerprint density at radius 3 is 2.73 bits per heavy atom. The van der Waals surface area contributed by atoms with E-state index in [0.717, 1.165) is 5.56 Å². The molecule has 1 N–H and O–H groups in total. The van der Waals surface area contributed by atoms with Gasteiger partial charge in [-0.2, -0.15) is 0 Å². The van der Waals surface area contributed by atoms with Gasteiger partial charge in [0.1, 0.15) is 5.82 Å². The number of nitrogens with one attached hydrogen (secondary N) is 1. The summed E-state index contributed by atoms with van der Waals surface area (Å²) < 4.78 is 1.51. The van der Waals surface area contributed by atoms with Gasteiger partial charge >= 0.3 is 0 Å². The van der Waals surface area contributed by atoms with Gasteiger partial charge in [-0.05, 0) is 22.6 Å². The Morgan fingerprint density at radius 2 is 2.04 bits per heavy atom. The van der Waals surface area contributed by atoms with Crippen molar-refractivity contribution in [2.24, 2.45) is 12.2 Å². The number of benzene rings is 1. The zero-order valence-electron chi connectivity index (χ0n) is 13.8. The SMILES string of the molecule is Cn1nnnc1/C(=N\OCc1cccc(NC(=O)S)n1)c1ccccc1. The van der Waals surface area contributed by atoms with E-state index in [1.54, 1.807) is 25.2 Å². The van der Waals surface area contributed by atoms with Crippen LogP contribution in [-0.2, 0) is 18.5 Å². The number of aromatic nitrogens is 5. The van der Waals surface area contributed by atoms with Gasteiger partial charge in [-0.25, -0.2) is 9.67 Å². The van der Waals surface area contributed by atoms with Crippen LogP contribution in [0.2, 0.25) is 0 Å². The molecule has 0 unspecified atom stereocenters. The Morgan fingerprint density at radius 1 is 1.23 bits per heavy atom. The molecule has 0 saturated heterocycles. The smallest absolute Gasteiger partial charge is 0.281 e. The van der Waals surface area contributed by atoms with Crippen LogP contribution in [-0.4, -0.2) is 36.1 Å². The average Bonchev–Trinajstić information content (AvgIpc) is 3.05. The Bertz CT molecular complexity index is 927. The summed E-state index contributed by atoms with van der Waals surface area (Å²) in [4.78, 5) is 20.7. The Kier molecular flexibility index (Phi) is 5.54. The maximum atomic E-state index is 11.0. The minimum atomic E-state index is -0.491. The van der Waals surface area contributed by atoms with Gasteiger partial charge in [-0.15, -0.1) is 5.10 Å². The number of hydrogen-bond donors (Lipinski definition) is 2. The van der Waals surface area contributed by atoms with E-state index in [9.17, 15) is 4.79 Å². The van der Waals surface area contributed by atoms with Crippen molar-refractivity contribution in [3.63, 3.8) is 0 Å². The zero-order valence-corrected chi connectivity index (χ0v) is 14.7. The standard InChI is InChI=1S/C16H15N7O2S/c1-23-15(19-21-22-23)14(11-6-3-2-4-7-11)20-25-10-12-8-5-9-13(17-12)18-16(24)26/h2-9H,10H2,1H3,(H2,17,18,24,26)/b20-14-. The van der Waals surface area contributed by atoms with Gasteiger partial charge in [0.25, 0.3) is 5.24 Å². The molecule has 132 valence electrons. The molecule has 0 aliphatic carbocycles. The Labute approximate surface area is 154 Å². The molecule has 2 heterocycles. The number of nitrogens with zero attached hydrogens (tertiary/aromatic N) is 6. The van der Waals surface area contributed by atoms with Crippen LogP contribution in [0.25, 0.3) is 0 Å². The van der Waals surface area contributed by atoms with Crippen LogP contribution >= 0.6 is 12.6 Å². The van der Waals surface area contributed by atoms with Crippen molar-refractivity contribution in [2.45, 2.75) is 6.61 Å². The molecule has 3 rings (SSSR count). The summed E-state index contributed by atoms with van der Waals surface area (Å²) in [5.74, 6) is 0.858. The van der Waals surface area contributed by atoms with Crippen molar-refractivity contribution in [3.05, 3.63) is 65.6 Å². The van der Waals surface area contributed by atoms with Crippen LogP contribution in [0.3, 0.4) is 0 Å². The van der Waals surface area contributed by atoms with Crippen LogP contribution < -0.4 is 5.32 Å². The second-order valence-electron chi connectivity index (χ2n) is 5.15. The van der Waals surface area contributed by atoms with E-state index >= 15 is 0 Å². The lowest BCUT2D eigenvalue weighted by Gasteiger charge is -2.06. The number of oxime groups is 1. The highest BCUT2D eigenvalue weighted by molar-refractivity contribution is 7.96. The normalized spacial score (nSPS) is 11.2. The number of rotatable bonds is 6. The van der Waals surface area contributed by atoms with Gasteiger partial charge in [-0.3, -0.25) is 4.79 Å². The van der Waals surface area contributed by atoms with E-state index in [0.29, 0.717) is 23.0 Å². The highest BCUT2D eigenvalue weighted by Crippen LogP contribution is 2.10. The topological polar surface area (TPSA) is 107 Å². The van der Waals surface area contributed by atoms with Gasteiger partial charge < -0.3 is 10.2 Å². The van der Waals surface area contributed by atoms with Gasteiger partial charge in [0, 0.05) is 12.6 Å². The predicted octanol–water partition coefficient (Wildman–Crippen LogP) is 2.04. The van der Waals surface area contributed by atoms with E-state index in [1.807, 2.05) is 30.3 Å². The van der Waals surface area contributed by atoms with Crippen molar-refractivity contribution in [1.29, 1.82) is 0 Å². The molecule has 0 saturated carbocycles. The van der Waals surface area contributed by atoms with Crippen LogP contribution in [0.1, 0.15) is 17.1 Å². The average molecular weight is 369 g/mol. The fourth-order valence-electron chi connectivity index (χ4n) is 2.15. The van der Waals surface area contributed by atoms with Crippen molar-refractivity contribution < 1.29 is 9.63 Å². The molecule has 2 aromatic heterocycles. The van der Waals surface area contributed by atoms with E-state index in [-0.39, 0.29) is 6.61 Å². The number of anilines is 1. The monoisotopic (exact) mass is 369 g/mol. The van der Waals surface area contributed by atoms with Gasteiger partial charge in [-0.1, -0.05) is 54.2 Å². The molecule has 0 bridgehead atoms. The fourth-order valence-corrected chi connectivity index (χ4v) is 2.27. The number of aryl methyl sites for hydroxylation is 1. The molecule has 0 aliphatic heterocycles. The number of carbonyl (C=O) groups excluding carboxylic acids is 1. The third-order valence-corrected chi connectivity index (χ3v) is 3.40. The molecule has 9 nitrogen and oxygen atoms in total. The first-order chi connectivity index (χ1) is 12.6. The maximum Gasteiger partial charge on any atom is 0.281 e. The summed E-state index contributed by atoms with van der Waals surface area (Å²) in [7, 11) is 1.72. The minimum absolute atomic E-state index is 0.109. The molecular formula is C16H15N7O2S. The van der Waals surface area contributed by atoms with Gasteiger partial charge in [0.15, 0.2) is 12.3 Å². The summed E-state index contributed by atoms with van der Waals surface area (Å²) >= 11 is 3.66. The Hall–Kier alpha value is -3.27. The molecule has 10 heteroatoms. The fraction of sp³-hybridized carbons (Fsp3) is 0.125. The largest absolute Gasteiger partial charge is 0.389 e. The lowest BCUT2D eigenvalue weighted by molar-refractivity contribution is 0.128. The van der Waals surface area contributed by atoms with Crippen LogP contribution in [0, 0.1) is 0 Å². The van der Waals surface area contributed by atoms with Crippen LogP contribution in [0.15, 0.2) is 53.7 Å². The molecule has 0 radical (unpaired) electrons. The number of amides is 1. The number of carbonyl (C=O) groups is 1. The number of pyridine rings is 1. The van der Waals surface area contributed by atoms with Gasteiger partial charge in [0.2, 0.25) is 5.82 Å². The first kappa shape index (κ1) is 17.5. The van der Waals surface area contributed by atoms with E-state index in [1.165, 1.54) is 4.68 Å². The molecule has 0 atom stereocenters. The number of thiol groups is 1. The third kappa shape index (κ3) is 4.42. The first-order valence-electron chi connectivity index (χ1n) is 7.57.